The fourth-order valence-corrected chi connectivity index (χ4v) is 4.59. The summed E-state index contributed by atoms with van der Waals surface area (Å²) in [4.78, 5) is 30.1. The number of hydrogen-bond acceptors (Lipinski definition) is 6. The van der Waals surface area contributed by atoms with Crippen LogP contribution in [0.5, 0.6) is 11.5 Å². The number of aromatic nitrogens is 2. The van der Waals surface area contributed by atoms with Gasteiger partial charge < -0.3 is 14.8 Å². The average molecular weight is 628 g/mol. The van der Waals surface area contributed by atoms with Crippen molar-refractivity contribution in [3.05, 3.63) is 90.8 Å². The highest BCUT2D eigenvalue weighted by Crippen LogP contribution is 2.36. The van der Waals surface area contributed by atoms with Gasteiger partial charge in [-0.2, -0.15) is 9.78 Å². The summed E-state index contributed by atoms with van der Waals surface area (Å²) in [6.07, 6.45) is 2.08. The van der Waals surface area contributed by atoms with E-state index in [0.29, 0.717) is 44.7 Å². The zero-order valence-electron chi connectivity index (χ0n) is 20.4. The molecule has 37 heavy (non-hydrogen) atoms. The fraction of sp³-hybridized carbons (Fsp3) is 0.185. The third-order valence-electron chi connectivity index (χ3n) is 5.53. The maximum absolute atomic E-state index is 13.1. The number of methoxy groups -OCH3 is 1. The van der Waals surface area contributed by atoms with Gasteiger partial charge in [-0.3, -0.25) is 9.59 Å². The molecule has 0 spiro atoms. The molecule has 1 heterocycles. The van der Waals surface area contributed by atoms with E-state index in [-0.39, 0.29) is 18.1 Å². The molecule has 1 N–H and O–H groups in total. The molecule has 0 saturated carbocycles. The zero-order chi connectivity index (χ0) is 26.5. The molecule has 0 aliphatic rings. The van der Waals surface area contributed by atoms with E-state index >= 15 is 0 Å². The number of aryl methyl sites for hydroxylation is 2. The Hall–Kier alpha value is -3.50. The molecule has 4 rings (SSSR count). The van der Waals surface area contributed by atoms with Gasteiger partial charge in [0.2, 0.25) is 0 Å². The predicted octanol–water partition coefficient (Wildman–Crippen LogP) is 5.70. The van der Waals surface area contributed by atoms with Crippen LogP contribution in [0.4, 0.5) is 5.69 Å². The summed E-state index contributed by atoms with van der Waals surface area (Å²) < 4.78 is 13.9. The van der Waals surface area contributed by atoms with Gasteiger partial charge in [0, 0.05) is 16.6 Å². The average Bonchev–Trinajstić information content (AvgIpc) is 2.88. The summed E-state index contributed by atoms with van der Waals surface area (Å²) >= 11 is 6.90. The van der Waals surface area contributed by atoms with Crippen LogP contribution in [-0.4, -0.2) is 35.5 Å². The number of ether oxygens (including phenoxy) is 2. The molecule has 0 radical (unpaired) electrons. The van der Waals surface area contributed by atoms with Gasteiger partial charge in [0.25, 0.3) is 11.5 Å². The second kappa shape index (κ2) is 11.7. The normalized spacial score (nSPS) is 11.2. The standard InChI is InChI=1S/C27H24Br2N4O4/c1-4-24-31-22-10-9-18(28)13-19(22)27(35)33(24)30-14-17-11-20(29)26(23(12-17)36-3)37-15-25(34)32-21-8-6-5-7-16(21)2/h5-14H,4,15H2,1-3H3,(H,32,34). The van der Waals surface area contributed by atoms with Gasteiger partial charge in [0.05, 0.1) is 28.7 Å². The van der Waals surface area contributed by atoms with Crippen LogP contribution in [0.3, 0.4) is 0 Å². The second-order valence-electron chi connectivity index (χ2n) is 8.09. The lowest BCUT2D eigenvalue weighted by Gasteiger charge is -2.14. The summed E-state index contributed by atoms with van der Waals surface area (Å²) in [5.74, 6) is 1.03. The molecular formula is C27H24Br2N4O4. The van der Waals surface area contributed by atoms with E-state index in [0.717, 1.165) is 15.7 Å². The molecule has 10 heteroatoms. The number of hydrogen-bond donors (Lipinski definition) is 1. The lowest BCUT2D eigenvalue weighted by molar-refractivity contribution is -0.118. The number of nitrogens with one attached hydrogen (secondary N) is 1. The number of anilines is 1. The van der Waals surface area contributed by atoms with Crippen molar-refractivity contribution >= 4 is 60.6 Å². The van der Waals surface area contributed by atoms with Gasteiger partial charge in [0.1, 0.15) is 5.82 Å². The number of carbonyl (C=O) groups excluding carboxylic acids is 1. The van der Waals surface area contributed by atoms with Gasteiger partial charge >= 0.3 is 0 Å². The highest BCUT2D eigenvalue weighted by molar-refractivity contribution is 9.10. The number of nitrogens with zero attached hydrogens (tertiary/aromatic N) is 3. The summed E-state index contributed by atoms with van der Waals surface area (Å²) in [5.41, 5.74) is 2.70. The summed E-state index contributed by atoms with van der Waals surface area (Å²) in [6, 6.07) is 16.4. The van der Waals surface area contributed by atoms with Crippen molar-refractivity contribution in [1.82, 2.24) is 9.66 Å². The van der Waals surface area contributed by atoms with Crippen LogP contribution in [0.1, 0.15) is 23.9 Å². The number of rotatable bonds is 8. The summed E-state index contributed by atoms with van der Waals surface area (Å²) in [7, 11) is 1.51. The molecule has 0 saturated heterocycles. The smallest absolute Gasteiger partial charge is 0.282 e. The monoisotopic (exact) mass is 626 g/mol. The number of carbonyl (C=O) groups is 1. The first-order chi connectivity index (χ1) is 17.8. The molecule has 0 fully saturated rings. The van der Waals surface area contributed by atoms with Crippen molar-refractivity contribution in [1.29, 1.82) is 0 Å². The van der Waals surface area contributed by atoms with Gasteiger partial charge in [-0.15, -0.1) is 0 Å². The second-order valence-corrected chi connectivity index (χ2v) is 9.86. The topological polar surface area (TPSA) is 94.8 Å². The first-order valence-corrected chi connectivity index (χ1v) is 13.0. The van der Waals surface area contributed by atoms with E-state index in [1.54, 1.807) is 30.5 Å². The lowest BCUT2D eigenvalue weighted by Crippen LogP contribution is -2.22. The Morgan fingerprint density at radius 1 is 1.16 bits per heavy atom. The van der Waals surface area contributed by atoms with Crippen molar-refractivity contribution in [2.75, 3.05) is 19.0 Å². The number of halogens is 2. The molecule has 0 aliphatic heterocycles. The highest BCUT2D eigenvalue weighted by atomic mass is 79.9. The van der Waals surface area contributed by atoms with Crippen molar-refractivity contribution in [2.24, 2.45) is 5.10 Å². The lowest BCUT2D eigenvalue weighted by atomic mass is 10.2. The molecular weight excluding hydrogens is 604 g/mol. The van der Waals surface area contributed by atoms with E-state index in [4.69, 9.17) is 9.47 Å². The molecule has 8 nitrogen and oxygen atoms in total. The Labute approximate surface area is 230 Å². The van der Waals surface area contributed by atoms with E-state index in [9.17, 15) is 9.59 Å². The number of fused-ring (bicyclic) bond motifs is 1. The van der Waals surface area contributed by atoms with E-state index in [1.807, 2.05) is 44.2 Å². The third kappa shape index (κ3) is 6.08. The third-order valence-corrected chi connectivity index (χ3v) is 6.61. The largest absolute Gasteiger partial charge is 0.493 e. The van der Waals surface area contributed by atoms with Crippen LogP contribution >= 0.6 is 31.9 Å². The molecule has 0 bridgehead atoms. The molecule has 0 unspecified atom stereocenters. The SMILES string of the molecule is CCc1nc2ccc(Br)cc2c(=O)n1N=Cc1cc(Br)c(OCC(=O)Nc2ccccc2C)c(OC)c1. The van der Waals surface area contributed by atoms with Gasteiger partial charge in [0.15, 0.2) is 18.1 Å². The van der Waals surface area contributed by atoms with Crippen molar-refractivity contribution < 1.29 is 14.3 Å². The maximum atomic E-state index is 13.1. The minimum Gasteiger partial charge on any atom is -0.493 e. The van der Waals surface area contributed by atoms with Crippen molar-refractivity contribution in [3.8, 4) is 11.5 Å². The molecule has 190 valence electrons. The van der Waals surface area contributed by atoms with Crippen LogP contribution in [0.25, 0.3) is 10.9 Å². The molecule has 1 amide bonds. The molecule has 0 atom stereocenters. The highest BCUT2D eigenvalue weighted by Gasteiger charge is 2.15. The minimum absolute atomic E-state index is 0.204. The summed E-state index contributed by atoms with van der Waals surface area (Å²) in [5, 5.41) is 7.73. The predicted molar refractivity (Wildman–Crippen MR) is 152 cm³/mol. The first-order valence-electron chi connectivity index (χ1n) is 11.4. The molecule has 3 aromatic carbocycles. The number of amides is 1. The maximum Gasteiger partial charge on any atom is 0.282 e. The van der Waals surface area contributed by atoms with Crippen LogP contribution in [0, 0.1) is 6.92 Å². The quantitative estimate of drug-likeness (QED) is 0.253. The van der Waals surface area contributed by atoms with Gasteiger partial charge in [-0.25, -0.2) is 4.98 Å². The number of para-hydroxylation sites is 1. The number of benzene rings is 3. The van der Waals surface area contributed by atoms with Gasteiger partial charge in [-0.05, 0) is 70.4 Å². The molecule has 1 aromatic heterocycles. The van der Waals surface area contributed by atoms with Crippen LogP contribution < -0.4 is 20.3 Å². The minimum atomic E-state index is -0.296. The Morgan fingerprint density at radius 2 is 1.95 bits per heavy atom. The van der Waals surface area contributed by atoms with E-state index < -0.39 is 0 Å². The summed E-state index contributed by atoms with van der Waals surface area (Å²) in [6.45, 7) is 3.63. The van der Waals surface area contributed by atoms with Crippen molar-refractivity contribution in [2.45, 2.75) is 20.3 Å². The Balaban J connectivity index is 1.57. The first kappa shape index (κ1) is 26.6. The fourth-order valence-electron chi connectivity index (χ4n) is 3.66. The van der Waals surface area contributed by atoms with Crippen LogP contribution in [0.2, 0.25) is 0 Å². The Bertz CT molecular complexity index is 1570. The Morgan fingerprint density at radius 3 is 2.68 bits per heavy atom. The van der Waals surface area contributed by atoms with Gasteiger partial charge in [-0.1, -0.05) is 41.1 Å². The van der Waals surface area contributed by atoms with Crippen molar-refractivity contribution in [3.63, 3.8) is 0 Å². The zero-order valence-corrected chi connectivity index (χ0v) is 23.6. The van der Waals surface area contributed by atoms with E-state index in [2.05, 4.69) is 47.3 Å². The molecule has 0 aliphatic carbocycles. The van der Waals surface area contributed by atoms with E-state index in [1.165, 1.54) is 11.8 Å². The molecule has 4 aromatic rings. The van der Waals surface area contributed by atoms with Crippen LogP contribution in [0.15, 0.2) is 73.4 Å². The Kier molecular flexibility index (Phi) is 8.40. The van der Waals surface area contributed by atoms with Crippen LogP contribution in [-0.2, 0) is 11.2 Å².